The lowest BCUT2D eigenvalue weighted by molar-refractivity contribution is -0.144. The van der Waals surface area contributed by atoms with Crippen LogP contribution in [0.4, 0.5) is 4.39 Å². The highest BCUT2D eigenvalue weighted by Crippen LogP contribution is 2.47. The fraction of sp³-hybridized carbons (Fsp3) is 0.528. The molecule has 0 spiro atoms. The summed E-state index contributed by atoms with van der Waals surface area (Å²) in [5.74, 6) is -3.44. The molecule has 4 heterocycles. The van der Waals surface area contributed by atoms with Crippen molar-refractivity contribution in [2.45, 2.75) is 108 Å². The van der Waals surface area contributed by atoms with Crippen LogP contribution in [0.3, 0.4) is 0 Å². The number of ether oxygens (including phenoxy) is 1. The number of aromatic nitrogens is 3. The van der Waals surface area contributed by atoms with Crippen LogP contribution in [0.1, 0.15) is 85.3 Å². The lowest BCUT2D eigenvalue weighted by Crippen LogP contribution is -2.56. The molecule has 7 rings (SSSR count). The predicted molar refractivity (Wildman–Crippen MR) is 185 cm³/mol. The molecule has 2 aromatic heterocycles. The van der Waals surface area contributed by atoms with Crippen LogP contribution in [0.2, 0.25) is 0 Å². The summed E-state index contributed by atoms with van der Waals surface area (Å²) in [5.41, 5.74) is 0.0228. The van der Waals surface area contributed by atoms with Gasteiger partial charge in [-0.2, -0.15) is 8.42 Å². The van der Waals surface area contributed by atoms with Gasteiger partial charge in [0.25, 0.3) is 5.91 Å². The van der Waals surface area contributed by atoms with E-state index in [1.165, 1.54) is 23.1 Å². The molecule has 5 atom stereocenters. The SMILES string of the molecule is Cc1nc2ccc(F)cc2nc1O[C@@H]1C[C@H]2C(=O)N[C@]3(C(=O)OS(=O)(=O)C4CC4)CC3/C=C\CCCCC[C@H](NC(=O)c3noc(C)c3C)C(=O)N2C1. The first kappa shape index (κ1) is 36.4. The van der Waals surface area contributed by atoms with E-state index in [1.807, 2.05) is 6.08 Å². The van der Waals surface area contributed by atoms with Gasteiger partial charge in [-0.05, 0) is 71.4 Å². The number of benzene rings is 1. The van der Waals surface area contributed by atoms with Gasteiger partial charge in [0, 0.05) is 24.0 Å². The maximum absolute atomic E-state index is 14.5. The molecule has 0 radical (unpaired) electrons. The van der Waals surface area contributed by atoms with E-state index in [0.717, 1.165) is 12.8 Å². The molecule has 2 saturated carbocycles. The van der Waals surface area contributed by atoms with Crippen LogP contribution in [0, 0.1) is 32.5 Å². The molecular weight excluding hydrogens is 711 g/mol. The summed E-state index contributed by atoms with van der Waals surface area (Å²) in [7, 11) is -4.16. The quantitative estimate of drug-likeness (QED) is 0.264. The largest absolute Gasteiger partial charge is 0.471 e. The fourth-order valence-corrected chi connectivity index (χ4v) is 8.17. The number of halogens is 1. The van der Waals surface area contributed by atoms with Crippen molar-refractivity contribution in [3.63, 3.8) is 0 Å². The Kier molecular flexibility index (Phi) is 9.72. The van der Waals surface area contributed by atoms with Crippen molar-refractivity contribution in [3.8, 4) is 5.88 Å². The standard InChI is InChI=1S/C36H41FN6O9S/c1-19-21(3)51-42-30(19)32(45)39-27-10-8-6-4-5-7-9-22-17-36(22,35(47)52-53(48,49)25-12-13-25)41-31(44)29-16-24(18-43(29)34(27)46)50-33-20(2)38-26-14-11-23(37)15-28(26)40-33/h7,9,11,14-15,22,24-25,27,29H,4-6,8,10,12-13,16-18H2,1-3H3,(H,39,45)(H,41,44)/b9-7-/t22?,24-,27+,29+,36-/m1/s1. The monoisotopic (exact) mass is 752 g/mol. The van der Waals surface area contributed by atoms with Crippen LogP contribution >= 0.6 is 0 Å². The number of hydrogen-bond acceptors (Lipinski definition) is 12. The summed E-state index contributed by atoms with van der Waals surface area (Å²) in [5, 5.41) is 8.68. The van der Waals surface area contributed by atoms with Gasteiger partial charge in [-0.15, -0.1) is 0 Å². The molecule has 15 nitrogen and oxygen atoms in total. The van der Waals surface area contributed by atoms with Gasteiger partial charge in [0.1, 0.15) is 41.0 Å². The molecule has 1 saturated heterocycles. The zero-order valence-corrected chi connectivity index (χ0v) is 30.4. The molecule has 2 N–H and O–H groups in total. The van der Waals surface area contributed by atoms with Gasteiger partial charge in [-0.1, -0.05) is 30.2 Å². The van der Waals surface area contributed by atoms with Crippen LogP contribution in [0.5, 0.6) is 5.88 Å². The molecule has 0 bridgehead atoms. The van der Waals surface area contributed by atoms with Crippen molar-refractivity contribution in [2.75, 3.05) is 6.54 Å². The molecule has 3 aromatic rings. The third kappa shape index (κ3) is 7.48. The van der Waals surface area contributed by atoms with Gasteiger partial charge in [-0.25, -0.2) is 19.2 Å². The maximum Gasteiger partial charge on any atom is 0.348 e. The number of aryl methyl sites for hydroxylation is 2. The fourth-order valence-electron chi connectivity index (χ4n) is 6.96. The molecule has 1 aromatic carbocycles. The summed E-state index contributed by atoms with van der Waals surface area (Å²) in [4.78, 5) is 66.0. The molecule has 17 heteroatoms. The Morgan fingerprint density at radius 2 is 1.87 bits per heavy atom. The van der Waals surface area contributed by atoms with E-state index in [0.29, 0.717) is 48.2 Å². The number of carbonyl (C=O) groups is 4. The first-order valence-electron chi connectivity index (χ1n) is 17.9. The van der Waals surface area contributed by atoms with Crippen molar-refractivity contribution in [2.24, 2.45) is 5.92 Å². The van der Waals surface area contributed by atoms with Crippen molar-refractivity contribution in [1.82, 2.24) is 30.7 Å². The van der Waals surface area contributed by atoms with Crippen LogP contribution in [-0.2, 0) is 28.7 Å². The summed E-state index contributed by atoms with van der Waals surface area (Å²) in [6, 6.07) is 1.73. The Morgan fingerprint density at radius 3 is 2.60 bits per heavy atom. The highest BCUT2D eigenvalue weighted by atomic mass is 32.2. The number of carbonyl (C=O) groups excluding carboxylic acids is 4. The van der Waals surface area contributed by atoms with Gasteiger partial charge in [0.15, 0.2) is 5.69 Å². The molecule has 3 amide bonds. The van der Waals surface area contributed by atoms with Gasteiger partial charge in [0.05, 0.1) is 22.8 Å². The van der Waals surface area contributed by atoms with E-state index < -0.39 is 74.5 Å². The zero-order valence-electron chi connectivity index (χ0n) is 29.6. The lowest BCUT2D eigenvalue weighted by atomic mass is 10.0. The summed E-state index contributed by atoms with van der Waals surface area (Å²) >= 11 is 0. The van der Waals surface area contributed by atoms with Crippen molar-refractivity contribution >= 4 is 44.8 Å². The number of nitrogens with one attached hydrogen (secondary N) is 2. The van der Waals surface area contributed by atoms with Crippen molar-refractivity contribution in [3.05, 3.63) is 58.9 Å². The van der Waals surface area contributed by atoms with E-state index >= 15 is 0 Å². The van der Waals surface area contributed by atoms with Crippen LogP contribution in [-0.4, -0.2) is 87.7 Å². The number of hydrogen-bond donors (Lipinski definition) is 2. The van der Waals surface area contributed by atoms with Crippen LogP contribution in [0.25, 0.3) is 11.0 Å². The van der Waals surface area contributed by atoms with E-state index in [2.05, 4.69) is 25.8 Å². The van der Waals surface area contributed by atoms with E-state index in [4.69, 9.17) is 13.4 Å². The molecule has 2 aliphatic heterocycles. The average molecular weight is 753 g/mol. The molecule has 4 aliphatic rings. The first-order chi connectivity index (χ1) is 25.3. The molecule has 3 fully saturated rings. The zero-order chi connectivity index (χ0) is 37.7. The summed E-state index contributed by atoms with van der Waals surface area (Å²) < 4.78 is 55.9. The Hall–Kier alpha value is -4.93. The van der Waals surface area contributed by atoms with Crippen LogP contribution < -0.4 is 15.4 Å². The number of amides is 3. The molecule has 282 valence electrons. The van der Waals surface area contributed by atoms with Gasteiger partial charge < -0.3 is 29.0 Å². The minimum atomic E-state index is -4.16. The third-order valence-electron chi connectivity index (χ3n) is 10.4. The topological polar surface area (TPSA) is 200 Å². The molecule has 1 unspecified atom stereocenters. The number of allylic oxidation sites excluding steroid dienone is 1. The predicted octanol–water partition coefficient (Wildman–Crippen LogP) is 3.26. The molecular formula is C36H41FN6O9S. The van der Waals surface area contributed by atoms with E-state index in [9.17, 15) is 32.0 Å². The summed E-state index contributed by atoms with van der Waals surface area (Å²) in [6.45, 7) is 4.92. The second-order valence-electron chi connectivity index (χ2n) is 14.4. The Labute approximate surface area is 305 Å². The second-order valence-corrected chi connectivity index (χ2v) is 16.2. The summed E-state index contributed by atoms with van der Waals surface area (Å²) in [6.07, 6.45) is 6.69. The number of nitrogens with zero attached hydrogens (tertiary/aromatic N) is 4. The highest BCUT2D eigenvalue weighted by molar-refractivity contribution is 7.88. The smallest absolute Gasteiger partial charge is 0.348 e. The van der Waals surface area contributed by atoms with Crippen molar-refractivity contribution < 1.29 is 45.4 Å². The number of fused-ring (bicyclic) bond motifs is 3. The van der Waals surface area contributed by atoms with Gasteiger partial charge in [0.2, 0.25) is 17.7 Å². The molecule has 53 heavy (non-hydrogen) atoms. The van der Waals surface area contributed by atoms with E-state index in [1.54, 1.807) is 26.8 Å². The third-order valence-corrected chi connectivity index (χ3v) is 12.1. The highest BCUT2D eigenvalue weighted by Gasteiger charge is 2.63. The van der Waals surface area contributed by atoms with Crippen molar-refractivity contribution in [1.29, 1.82) is 0 Å². The average Bonchev–Trinajstić information content (AvgIpc) is 4.01. The Morgan fingerprint density at radius 1 is 1.08 bits per heavy atom. The van der Waals surface area contributed by atoms with Gasteiger partial charge >= 0.3 is 16.1 Å². The number of rotatable bonds is 7. The molecule has 2 aliphatic carbocycles. The van der Waals surface area contributed by atoms with Gasteiger partial charge in [-0.3, -0.25) is 14.4 Å². The van der Waals surface area contributed by atoms with E-state index in [-0.39, 0.29) is 42.9 Å². The Balaban J connectivity index is 1.20. The lowest BCUT2D eigenvalue weighted by Gasteiger charge is -2.29. The normalized spacial score (nSPS) is 27.1. The minimum Gasteiger partial charge on any atom is -0.471 e. The Bertz CT molecular complexity index is 2120. The minimum absolute atomic E-state index is 0.0384. The maximum atomic E-state index is 14.5. The second kappa shape index (κ2) is 14.1. The van der Waals surface area contributed by atoms with Crippen LogP contribution in [0.15, 0.2) is 34.9 Å². The first-order valence-corrected chi connectivity index (χ1v) is 19.3.